The van der Waals surface area contributed by atoms with Crippen molar-refractivity contribution in [2.75, 3.05) is 13.6 Å². The number of benzene rings is 1. The first-order valence-electron chi connectivity index (χ1n) is 4.47. The number of nitrogens with one attached hydrogen (secondary N) is 1. The molecule has 0 aliphatic carbocycles. The van der Waals surface area contributed by atoms with Gasteiger partial charge in [-0.25, -0.2) is 8.78 Å². The maximum atomic E-state index is 12.8. The summed E-state index contributed by atoms with van der Waals surface area (Å²) in [6, 6.07) is 3.34. The van der Waals surface area contributed by atoms with Crippen molar-refractivity contribution in [3.63, 3.8) is 0 Å². The maximum Gasteiger partial charge on any atom is 0.126 e. The molecule has 0 bridgehead atoms. The van der Waals surface area contributed by atoms with Gasteiger partial charge in [-0.2, -0.15) is 0 Å². The van der Waals surface area contributed by atoms with E-state index >= 15 is 0 Å². The van der Waals surface area contributed by atoms with Crippen LogP contribution in [-0.2, 0) is 6.42 Å². The summed E-state index contributed by atoms with van der Waals surface area (Å²) in [6.45, 7) is 0.623. The van der Waals surface area contributed by atoms with Crippen LogP contribution in [0.15, 0.2) is 18.2 Å². The summed E-state index contributed by atoms with van der Waals surface area (Å²) >= 11 is 0. The standard InChI is InChI=1S/C10H14F2N2/c1-14-6-10(13)4-7-2-8(11)5-9(12)3-7/h2-3,5,10,14H,4,6,13H2,1H3. The van der Waals surface area contributed by atoms with Gasteiger partial charge in [0.1, 0.15) is 11.6 Å². The monoisotopic (exact) mass is 200 g/mol. The Morgan fingerprint density at radius 2 is 1.86 bits per heavy atom. The second-order valence-corrected chi connectivity index (χ2v) is 3.30. The lowest BCUT2D eigenvalue weighted by Crippen LogP contribution is -2.33. The lowest BCUT2D eigenvalue weighted by molar-refractivity contribution is 0.570. The molecule has 0 spiro atoms. The molecule has 0 aliphatic rings. The zero-order valence-corrected chi connectivity index (χ0v) is 8.06. The van der Waals surface area contributed by atoms with Gasteiger partial charge in [0.2, 0.25) is 0 Å². The minimum absolute atomic E-state index is 0.124. The van der Waals surface area contributed by atoms with Crippen molar-refractivity contribution in [2.45, 2.75) is 12.5 Å². The van der Waals surface area contributed by atoms with Gasteiger partial charge in [0.25, 0.3) is 0 Å². The Balaban J connectivity index is 2.66. The third-order valence-electron chi connectivity index (χ3n) is 1.89. The summed E-state index contributed by atoms with van der Waals surface area (Å²) in [7, 11) is 1.78. The van der Waals surface area contributed by atoms with E-state index < -0.39 is 11.6 Å². The van der Waals surface area contributed by atoms with E-state index in [1.54, 1.807) is 7.05 Å². The van der Waals surface area contributed by atoms with Crippen molar-refractivity contribution in [3.05, 3.63) is 35.4 Å². The van der Waals surface area contributed by atoms with E-state index in [9.17, 15) is 8.78 Å². The Kier molecular flexibility index (Phi) is 3.98. The lowest BCUT2D eigenvalue weighted by atomic mass is 10.1. The summed E-state index contributed by atoms with van der Waals surface area (Å²) in [5.74, 6) is -1.12. The van der Waals surface area contributed by atoms with E-state index in [1.165, 1.54) is 12.1 Å². The molecule has 1 atom stereocenters. The predicted molar refractivity (Wildman–Crippen MR) is 52.0 cm³/mol. The van der Waals surface area contributed by atoms with Crippen LogP contribution in [0.5, 0.6) is 0 Å². The van der Waals surface area contributed by atoms with E-state index in [4.69, 9.17) is 5.73 Å². The molecule has 1 rings (SSSR count). The molecule has 2 nitrogen and oxygen atoms in total. The fourth-order valence-electron chi connectivity index (χ4n) is 1.37. The molecule has 1 unspecified atom stereocenters. The van der Waals surface area contributed by atoms with Gasteiger partial charge in [0.05, 0.1) is 0 Å². The van der Waals surface area contributed by atoms with Crippen LogP contribution in [0.1, 0.15) is 5.56 Å². The SMILES string of the molecule is CNCC(N)Cc1cc(F)cc(F)c1. The topological polar surface area (TPSA) is 38.0 Å². The summed E-state index contributed by atoms with van der Waals surface area (Å²) in [6.07, 6.45) is 0.468. The highest BCUT2D eigenvalue weighted by atomic mass is 19.1. The summed E-state index contributed by atoms with van der Waals surface area (Å²) in [5.41, 5.74) is 6.30. The molecule has 3 N–H and O–H groups in total. The average Bonchev–Trinajstić information content (AvgIpc) is 2.01. The third-order valence-corrected chi connectivity index (χ3v) is 1.89. The van der Waals surface area contributed by atoms with Crippen molar-refractivity contribution < 1.29 is 8.78 Å². The zero-order valence-electron chi connectivity index (χ0n) is 8.06. The van der Waals surface area contributed by atoms with Gasteiger partial charge in [-0.3, -0.25) is 0 Å². The largest absolute Gasteiger partial charge is 0.326 e. The van der Waals surface area contributed by atoms with Gasteiger partial charge >= 0.3 is 0 Å². The highest BCUT2D eigenvalue weighted by molar-refractivity contribution is 5.18. The van der Waals surface area contributed by atoms with Gasteiger partial charge < -0.3 is 11.1 Å². The first-order chi connectivity index (χ1) is 6.61. The minimum Gasteiger partial charge on any atom is -0.326 e. The van der Waals surface area contributed by atoms with Crippen LogP contribution in [0.3, 0.4) is 0 Å². The van der Waals surface area contributed by atoms with E-state index in [1.807, 2.05) is 0 Å². The van der Waals surface area contributed by atoms with Crippen molar-refractivity contribution in [1.29, 1.82) is 0 Å². The van der Waals surface area contributed by atoms with Crippen LogP contribution >= 0.6 is 0 Å². The van der Waals surface area contributed by atoms with Crippen LogP contribution < -0.4 is 11.1 Å². The Morgan fingerprint density at radius 3 is 2.36 bits per heavy atom. The molecule has 0 radical (unpaired) electrons. The molecule has 1 aromatic rings. The maximum absolute atomic E-state index is 12.8. The fraction of sp³-hybridized carbons (Fsp3) is 0.400. The molecule has 0 saturated carbocycles. The second-order valence-electron chi connectivity index (χ2n) is 3.30. The Bertz CT molecular complexity index is 282. The van der Waals surface area contributed by atoms with E-state index in [2.05, 4.69) is 5.32 Å². The van der Waals surface area contributed by atoms with Crippen molar-refractivity contribution in [1.82, 2.24) is 5.32 Å². The van der Waals surface area contributed by atoms with Gasteiger partial charge in [-0.1, -0.05) is 0 Å². The molecule has 14 heavy (non-hydrogen) atoms. The lowest BCUT2D eigenvalue weighted by Gasteiger charge is -2.10. The number of likely N-dealkylation sites (N-methyl/N-ethyl adjacent to an activating group) is 1. The smallest absolute Gasteiger partial charge is 0.126 e. The Morgan fingerprint density at radius 1 is 1.29 bits per heavy atom. The van der Waals surface area contributed by atoms with E-state index in [0.29, 0.717) is 18.5 Å². The normalized spacial score (nSPS) is 12.9. The Hall–Kier alpha value is -1.00. The minimum atomic E-state index is -0.559. The van der Waals surface area contributed by atoms with Crippen LogP contribution in [-0.4, -0.2) is 19.6 Å². The molecule has 78 valence electrons. The number of hydrogen-bond donors (Lipinski definition) is 2. The highest BCUT2D eigenvalue weighted by Gasteiger charge is 2.05. The van der Waals surface area contributed by atoms with Crippen LogP contribution in [0, 0.1) is 11.6 Å². The van der Waals surface area contributed by atoms with Gasteiger partial charge in [0, 0.05) is 18.7 Å². The van der Waals surface area contributed by atoms with Gasteiger partial charge in [0.15, 0.2) is 0 Å². The molecule has 0 heterocycles. The van der Waals surface area contributed by atoms with E-state index in [0.717, 1.165) is 6.07 Å². The quantitative estimate of drug-likeness (QED) is 0.762. The molecule has 0 aliphatic heterocycles. The second kappa shape index (κ2) is 5.02. The fourth-order valence-corrected chi connectivity index (χ4v) is 1.37. The number of hydrogen-bond acceptors (Lipinski definition) is 2. The third kappa shape index (κ3) is 3.40. The van der Waals surface area contributed by atoms with Crippen LogP contribution in [0.25, 0.3) is 0 Å². The molecule has 0 amide bonds. The highest BCUT2D eigenvalue weighted by Crippen LogP contribution is 2.09. The zero-order chi connectivity index (χ0) is 10.6. The number of halogens is 2. The molecular weight excluding hydrogens is 186 g/mol. The molecule has 0 fully saturated rings. The molecule has 0 saturated heterocycles. The molecular formula is C10H14F2N2. The van der Waals surface area contributed by atoms with Gasteiger partial charge in [-0.05, 0) is 31.2 Å². The van der Waals surface area contributed by atoms with Gasteiger partial charge in [-0.15, -0.1) is 0 Å². The molecule has 1 aromatic carbocycles. The summed E-state index contributed by atoms with van der Waals surface area (Å²) in [4.78, 5) is 0. The van der Waals surface area contributed by atoms with Crippen LogP contribution in [0.4, 0.5) is 8.78 Å². The Labute approximate surface area is 82.1 Å². The number of rotatable bonds is 4. The molecule has 0 aromatic heterocycles. The molecule has 4 heteroatoms. The first-order valence-corrected chi connectivity index (χ1v) is 4.47. The van der Waals surface area contributed by atoms with Crippen LogP contribution in [0.2, 0.25) is 0 Å². The van der Waals surface area contributed by atoms with Crippen molar-refractivity contribution >= 4 is 0 Å². The van der Waals surface area contributed by atoms with Crippen molar-refractivity contribution in [2.24, 2.45) is 5.73 Å². The summed E-state index contributed by atoms with van der Waals surface area (Å²) < 4.78 is 25.5. The van der Waals surface area contributed by atoms with E-state index in [-0.39, 0.29) is 6.04 Å². The van der Waals surface area contributed by atoms with Crippen molar-refractivity contribution in [3.8, 4) is 0 Å². The first kappa shape index (κ1) is 11.1. The number of nitrogens with two attached hydrogens (primary N) is 1. The average molecular weight is 200 g/mol. The predicted octanol–water partition coefficient (Wildman–Crippen LogP) is 1.05. The summed E-state index contributed by atoms with van der Waals surface area (Å²) in [5, 5.41) is 2.90.